The summed E-state index contributed by atoms with van der Waals surface area (Å²) in [5, 5.41) is 8.38. The maximum absolute atomic E-state index is 6.56. The lowest BCUT2D eigenvalue weighted by Crippen LogP contribution is -2.36. The minimum atomic E-state index is -0.357. The summed E-state index contributed by atoms with van der Waals surface area (Å²) in [6.45, 7) is 0. The lowest BCUT2D eigenvalue weighted by molar-refractivity contribution is 0.669. The first-order valence-corrected chi connectivity index (χ1v) is 13.9. The van der Waals surface area contributed by atoms with Crippen molar-refractivity contribution in [3.05, 3.63) is 144 Å². The highest BCUT2D eigenvalue weighted by atomic mass is 16.3. The van der Waals surface area contributed by atoms with E-state index in [1.54, 1.807) is 0 Å². The molecule has 0 amide bonds. The van der Waals surface area contributed by atoms with E-state index < -0.39 is 0 Å². The summed E-state index contributed by atoms with van der Waals surface area (Å²) in [4.78, 5) is 10.2. The van der Waals surface area contributed by atoms with E-state index in [1.165, 1.54) is 32.8 Å². The minimum Gasteiger partial charge on any atom is -0.456 e. The fraction of sp³-hybridized carbons (Fsp3) is 0.0270. The zero-order valence-corrected chi connectivity index (χ0v) is 22.0. The van der Waals surface area contributed by atoms with Gasteiger partial charge in [-0.15, -0.1) is 0 Å². The third kappa shape index (κ3) is 3.34. The van der Waals surface area contributed by atoms with E-state index in [0.717, 1.165) is 50.5 Å². The van der Waals surface area contributed by atoms with Crippen LogP contribution in [0, 0.1) is 0 Å². The van der Waals surface area contributed by atoms with Gasteiger partial charge in [0.05, 0.1) is 0 Å². The van der Waals surface area contributed by atoms with Gasteiger partial charge in [0.25, 0.3) is 0 Å². The Balaban J connectivity index is 1.32. The van der Waals surface area contributed by atoms with Crippen molar-refractivity contribution >= 4 is 44.4 Å². The first-order chi connectivity index (χ1) is 20.3. The number of nitrogens with zero attached hydrogens (tertiary/aromatic N) is 2. The molecule has 0 spiro atoms. The fourth-order valence-electron chi connectivity index (χ4n) is 6.42. The number of amidine groups is 2. The Morgan fingerprint density at radius 2 is 1.10 bits per heavy atom. The highest BCUT2D eigenvalue weighted by Gasteiger charge is 2.26. The first kappa shape index (κ1) is 22.3. The Morgan fingerprint density at radius 1 is 0.488 bits per heavy atom. The molecule has 1 unspecified atom stereocenters. The van der Waals surface area contributed by atoms with Crippen molar-refractivity contribution in [2.24, 2.45) is 9.98 Å². The third-order valence-corrected chi connectivity index (χ3v) is 8.24. The molecule has 41 heavy (non-hydrogen) atoms. The summed E-state index contributed by atoms with van der Waals surface area (Å²) in [6.07, 6.45) is -0.357. The van der Waals surface area contributed by atoms with E-state index >= 15 is 0 Å². The van der Waals surface area contributed by atoms with Crippen molar-refractivity contribution in [2.75, 3.05) is 0 Å². The molecule has 9 rings (SSSR count). The molecule has 2 aliphatic rings. The SMILES string of the molecule is c1ccc(C2=NC(c3ccccc3)N=C(c3cc4c5c(c3)oc3cccc(c35)-c3cccc5cccc-4c35)N2)cc1. The third-order valence-electron chi connectivity index (χ3n) is 8.24. The molecule has 1 aromatic heterocycles. The molecule has 4 nitrogen and oxygen atoms in total. The van der Waals surface area contributed by atoms with Crippen LogP contribution in [0.5, 0.6) is 0 Å². The van der Waals surface area contributed by atoms with Crippen molar-refractivity contribution < 1.29 is 4.42 Å². The topological polar surface area (TPSA) is 49.9 Å². The molecule has 4 heteroatoms. The predicted octanol–water partition coefficient (Wildman–Crippen LogP) is 8.88. The summed E-state index contributed by atoms with van der Waals surface area (Å²) < 4.78 is 6.56. The number of benzene rings is 6. The largest absolute Gasteiger partial charge is 0.456 e. The van der Waals surface area contributed by atoms with Gasteiger partial charge >= 0.3 is 0 Å². The van der Waals surface area contributed by atoms with Crippen molar-refractivity contribution in [2.45, 2.75) is 6.17 Å². The van der Waals surface area contributed by atoms with Crippen LogP contribution in [0.2, 0.25) is 0 Å². The Kier molecular flexibility index (Phi) is 4.64. The lowest BCUT2D eigenvalue weighted by atomic mass is 9.93. The number of aliphatic imine (C=N–C) groups is 2. The Labute approximate surface area is 236 Å². The van der Waals surface area contributed by atoms with Crippen LogP contribution < -0.4 is 5.32 Å². The van der Waals surface area contributed by atoms with Gasteiger partial charge < -0.3 is 9.73 Å². The van der Waals surface area contributed by atoms with Crippen molar-refractivity contribution in [1.29, 1.82) is 0 Å². The summed E-state index contributed by atoms with van der Waals surface area (Å²) in [6, 6.07) is 44.4. The molecular formula is C37H23N3O. The molecule has 1 atom stereocenters. The summed E-state index contributed by atoms with van der Waals surface area (Å²) in [5.41, 5.74) is 9.59. The summed E-state index contributed by atoms with van der Waals surface area (Å²) in [7, 11) is 0. The molecule has 7 aromatic rings. The molecular weight excluding hydrogens is 502 g/mol. The number of fused-ring (bicyclic) bond motifs is 2. The number of furan rings is 1. The molecule has 1 aliphatic heterocycles. The standard InChI is InChI=1S/C37H23N3O/c1-3-10-23(11-4-1)35-38-36(24-12-5-2-6-13-24)40-37(39-35)25-20-29-28-17-8-15-22-14-7-16-26(32(22)28)27-18-9-19-30-33(27)34(29)31(21-25)41-30/h1-21,35H,(H,38,39,40). The number of hydrogen-bond donors (Lipinski definition) is 1. The van der Waals surface area contributed by atoms with E-state index in [9.17, 15) is 0 Å². The highest BCUT2D eigenvalue weighted by molar-refractivity contribution is 6.27. The molecule has 0 fully saturated rings. The van der Waals surface area contributed by atoms with E-state index in [-0.39, 0.29) is 6.17 Å². The predicted molar refractivity (Wildman–Crippen MR) is 167 cm³/mol. The second-order valence-electron chi connectivity index (χ2n) is 10.6. The molecule has 0 radical (unpaired) electrons. The highest BCUT2D eigenvalue weighted by Crippen LogP contribution is 2.49. The number of rotatable bonds is 3. The summed E-state index contributed by atoms with van der Waals surface area (Å²) >= 11 is 0. The quantitative estimate of drug-likeness (QED) is 0.250. The average Bonchev–Trinajstić information content (AvgIpc) is 3.37. The van der Waals surface area contributed by atoms with Gasteiger partial charge in [0.1, 0.15) is 22.8 Å². The van der Waals surface area contributed by atoms with Gasteiger partial charge in [0.2, 0.25) is 0 Å². The van der Waals surface area contributed by atoms with Gasteiger partial charge in [-0.1, -0.05) is 109 Å². The first-order valence-electron chi connectivity index (χ1n) is 13.9. The van der Waals surface area contributed by atoms with Gasteiger partial charge in [0.15, 0.2) is 6.17 Å². The Hall–Kier alpha value is -5.48. The van der Waals surface area contributed by atoms with Gasteiger partial charge in [-0.2, -0.15) is 0 Å². The maximum atomic E-state index is 6.56. The minimum absolute atomic E-state index is 0.357. The van der Waals surface area contributed by atoms with E-state index in [4.69, 9.17) is 14.4 Å². The van der Waals surface area contributed by atoms with Crippen LogP contribution in [-0.4, -0.2) is 11.7 Å². The maximum Gasteiger partial charge on any atom is 0.169 e. The van der Waals surface area contributed by atoms with Gasteiger partial charge in [0, 0.05) is 21.9 Å². The molecule has 0 saturated heterocycles. The van der Waals surface area contributed by atoms with Crippen LogP contribution in [0.3, 0.4) is 0 Å². The van der Waals surface area contributed by atoms with E-state index in [1.807, 2.05) is 36.4 Å². The van der Waals surface area contributed by atoms with Crippen molar-refractivity contribution in [1.82, 2.24) is 5.32 Å². The zero-order chi connectivity index (χ0) is 26.9. The fourth-order valence-corrected chi connectivity index (χ4v) is 6.42. The molecule has 192 valence electrons. The second-order valence-corrected chi connectivity index (χ2v) is 10.6. The normalized spacial score (nSPS) is 15.6. The zero-order valence-electron chi connectivity index (χ0n) is 22.0. The van der Waals surface area contributed by atoms with Gasteiger partial charge in [-0.3, -0.25) is 0 Å². The molecule has 1 aliphatic carbocycles. The van der Waals surface area contributed by atoms with Crippen LogP contribution in [-0.2, 0) is 0 Å². The average molecular weight is 526 g/mol. The second kappa shape index (κ2) is 8.51. The smallest absolute Gasteiger partial charge is 0.169 e. The molecule has 6 aromatic carbocycles. The van der Waals surface area contributed by atoms with Crippen molar-refractivity contribution in [3.8, 4) is 22.3 Å². The van der Waals surface area contributed by atoms with Crippen LogP contribution in [0.15, 0.2) is 142 Å². The van der Waals surface area contributed by atoms with Gasteiger partial charge in [-0.05, 0) is 56.8 Å². The number of hydrogen-bond acceptors (Lipinski definition) is 4. The van der Waals surface area contributed by atoms with Crippen LogP contribution >= 0.6 is 0 Å². The van der Waals surface area contributed by atoms with E-state index in [2.05, 4.69) is 96.3 Å². The van der Waals surface area contributed by atoms with Crippen LogP contribution in [0.25, 0.3) is 55.0 Å². The molecule has 0 bridgehead atoms. The lowest BCUT2D eigenvalue weighted by Gasteiger charge is -2.22. The van der Waals surface area contributed by atoms with Crippen LogP contribution in [0.4, 0.5) is 0 Å². The number of nitrogens with one attached hydrogen (secondary N) is 1. The van der Waals surface area contributed by atoms with Crippen LogP contribution in [0.1, 0.15) is 22.9 Å². The van der Waals surface area contributed by atoms with Crippen molar-refractivity contribution in [3.63, 3.8) is 0 Å². The molecule has 1 N–H and O–H groups in total. The van der Waals surface area contributed by atoms with Gasteiger partial charge in [-0.25, -0.2) is 9.98 Å². The van der Waals surface area contributed by atoms with E-state index in [0.29, 0.717) is 0 Å². The molecule has 2 heterocycles. The summed E-state index contributed by atoms with van der Waals surface area (Å²) in [5.74, 6) is 1.57. The Bertz CT molecular complexity index is 2220. The Morgan fingerprint density at radius 3 is 1.85 bits per heavy atom. The monoisotopic (exact) mass is 525 g/mol. The molecule has 0 saturated carbocycles.